The second kappa shape index (κ2) is 8.52. The lowest BCUT2D eigenvalue weighted by molar-refractivity contribution is -0.119. The Morgan fingerprint density at radius 3 is 2.32 bits per heavy atom. The maximum Gasteiger partial charge on any atom is 0.133 e. The third kappa shape index (κ3) is 6.80. The first kappa shape index (κ1) is 15.5. The number of hydrogen-bond donors (Lipinski definition) is 0. The van der Waals surface area contributed by atoms with Gasteiger partial charge in [-0.3, -0.25) is 4.79 Å². The Hall–Kier alpha value is -1.57. The minimum absolute atomic E-state index is 0.359. The molecule has 19 heavy (non-hydrogen) atoms. The third-order valence-corrected chi connectivity index (χ3v) is 3.16. The predicted octanol–water partition coefficient (Wildman–Crippen LogP) is 4.33. The summed E-state index contributed by atoms with van der Waals surface area (Å²) in [5, 5.41) is 0. The molecule has 0 aliphatic heterocycles. The van der Waals surface area contributed by atoms with Crippen LogP contribution in [0.1, 0.15) is 44.6 Å². The van der Waals surface area contributed by atoms with Crippen molar-refractivity contribution in [3.8, 4) is 5.75 Å². The van der Waals surface area contributed by atoms with Gasteiger partial charge in [-0.2, -0.15) is 0 Å². The van der Waals surface area contributed by atoms with Gasteiger partial charge in [-0.15, -0.1) is 6.58 Å². The quantitative estimate of drug-likeness (QED) is 0.488. The van der Waals surface area contributed by atoms with Gasteiger partial charge in [-0.05, 0) is 50.3 Å². The molecule has 0 saturated carbocycles. The molecule has 0 heterocycles. The van der Waals surface area contributed by atoms with Crippen LogP contribution in [0, 0.1) is 0 Å². The largest absolute Gasteiger partial charge is 0.497 e. The van der Waals surface area contributed by atoms with E-state index in [-0.39, 0.29) is 0 Å². The highest BCUT2D eigenvalue weighted by Crippen LogP contribution is 2.13. The third-order valence-electron chi connectivity index (χ3n) is 3.16. The Kier molecular flexibility index (Phi) is 6.94. The van der Waals surface area contributed by atoms with Crippen molar-refractivity contribution in [2.45, 2.75) is 45.4 Å². The highest BCUT2D eigenvalue weighted by molar-refractivity contribution is 5.78. The fourth-order valence-electron chi connectivity index (χ4n) is 1.95. The molecule has 104 valence electrons. The molecular weight excluding hydrogens is 236 g/mol. The number of carbonyl (C=O) groups is 1. The Labute approximate surface area is 116 Å². The molecule has 0 saturated heterocycles. The topological polar surface area (TPSA) is 26.3 Å². The zero-order valence-corrected chi connectivity index (χ0v) is 12.1. The fraction of sp³-hybridized carbons (Fsp3) is 0.471. The Morgan fingerprint density at radius 2 is 1.74 bits per heavy atom. The molecule has 0 fully saturated rings. The second-order valence-electron chi connectivity index (χ2n) is 5.05. The molecule has 0 aliphatic rings. The number of rotatable bonds is 9. The first-order valence-corrected chi connectivity index (χ1v) is 6.91. The van der Waals surface area contributed by atoms with Gasteiger partial charge < -0.3 is 4.74 Å². The second-order valence-corrected chi connectivity index (χ2v) is 5.05. The predicted molar refractivity (Wildman–Crippen MR) is 79.6 cm³/mol. The lowest BCUT2D eigenvalue weighted by Crippen LogP contribution is -2.00. The Bertz CT molecular complexity index is 404. The van der Waals surface area contributed by atoms with E-state index < -0.39 is 0 Å². The Morgan fingerprint density at radius 1 is 1.11 bits per heavy atom. The number of Topliss-reactive ketones (excluding diaryl/α,β-unsaturated/α-hetero) is 1. The number of benzene rings is 1. The van der Waals surface area contributed by atoms with Gasteiger partial charge in [0, 0.05) is 12.8 Å². The Balaban J connectivity index is 2.20. The van der Waals surface area contributed by atoms with E-state index in [1.807, 2.05) is 31.2 Å². The van der Waals surface area contributed by atoms with Crippen molar-refractivity contribution in [3.05, 3.63) is 42.0 Å². The van der Waals surface area contributed by atoms with E-state index in [2.05, 4.69) is 6.58 Å². The van der Waals surface area contributed by atoms with Gasteiger partial charge in [0.2, 0.25) is 0 Å². The van der Waals surface area contributed by atoms with Crippen LogP contribution in [0.5, 0.6) is 5.75 Å². The monoisotopic (exact) mass is 260 g/mol. The number of ketones is 1. The highest BCUT2D eigenvalue weighted by atomic mass is 16.5. The summed E-state index contributed by atoms with van der Waals surface area (Å²) in [6.45, 7) is 5.90. The first-order valence-electron chi connectivity index (χ1n) is 6.91. The normalized spacial score (nSPS) is 10.2. The molecule has 2 heteroatoms. The molecule has 0 amide bonds. The SMILES string of the molecule is C=C(C)CCCCC(=O)CCc1ccc(OC)cc1. The van der Waals surface area contributed by atoms with E-state index in [9.17, 15) is 4.79 Å². The van der Waals surface area contributed by atoms with Crippen molar-refractivity contribution in [3.63, 3.8) is 0 Å². The summed E-state index contributed by atoms with van der Waals surface area (Å²) in [5.41, 5.74) is 2.39. The van der Waals surface area contributed by atoms with E-state index in [1.54, 1.807) is 7.11 Å². The first-order chi connectivity index (χ1) is 9.11. The number of aryl methyl sites for hydroxylation is 1. The molecule has 2 nitrogen and oxygen atoms in total. The van der Waals surface area contributed by atoms with E-state index in [0.717, 1.165) is 31.4 Å². The molecule has 0 radical (unpaired) electrons. The lowest BCUT2D eigenvalue weighted by Gasteiger charge is -2.04. The summed E-state index contributed by atoms with van der Waals surface area (Å²) in [7, 11) is 1.66. The van der Waals surface area contributed by atoms with Gasteiger partial charge in [0.05, 0.1) is 7.11 Å². The van der Waals surface area contributed by atoms with Crippen LogP contribution in [0.3, 0.4) is 0 Å². The van der Waals surface area contributed by atoms with Crippen LogP contribution in [-0.2, 0) is 11.2 Å². The summed E-state index contributed by atoms with van der Waals surface area (Å²) >= 11 is 0. The number of hydrogen-bond acceptors (Lipinski definition) is 2. The fourth-order valence-corrected chi connectivity index (χ4v) is 1.95. The van der Waals surface area contributed by atoms with Crippen molar-refractivity contribution in [2.75, 3.05) is 7.11 Å². The van der Waals surface area contributed by atoms with Gasteiger partial charge >= 0.3 is 0 Å². The van der Waals surface area contributed by atoms with Gasteiger partial charge in [0.1, 0.15) is 11.5 Å². The zero-order chi connectivity index (χ0) is 14.1. The molecule has 0 N–H and O–H groups in total. The molecular formula is C17H24O2. The van der Waals surface area contributed by atoms with Gasteiger partial charge in [-0.25, -0.2) is 0 Å². The molecule has 0 atom stereocenters. The van der Waals surface area contributed by atoms with Crippen LogP contribution in [-0.4, -0.2) is 12.9 Å². The van der Waals surface area contributed by atoms with Crippen molar-refractivity contribution in [2.24, 2.45) is 0 Å². The average molecular weight is 260 g/mol. The number of ether oxygens (including phenoxy) is 1. The zero-order valence-electron chi connectivity index (χ0n) is 12.1. The van der Waals surface area contributed by atoms with Crippen LogP contribution in [0.2, 0.25) is 0 Å². The molecule has 0 unspecified atom stereocenters. The van der Waals surface area contributed by atoms with Gasteiger partial charge in [0.15, 0.2) is 0 Å². The van der Waals surface area contributed by atoms with Gasteiger partial charge in [-0.1, -0.05) is 17.7 Å². The van der Waals surface area contributed by atoms with E-state index in [4.69, 9.17) is 4.74 Å². The van der Waals surface area contributed by atoms with Crippen molar-refractivity contribution in [1.82, 2.24) is 0 Å². The number of unbranched alkanes of at least 4 members (excludes halogenated alkanes) is 1. The van der Waals surface area contributed by atoms with Gasteiger partial charge in [0.25, 0.3) is 0 Å². The van der Waals surface area contributed by atoms with E-state index in [0.29, 0.717) is 18.6 Å². The van der Waals surface area contributed by atoms with Crippen LogP contribution < -0.4 is 4.74 Å². The molecule has 1 rings (SSSR count). The smallest absolute Gasteiger partial charge is 0.133 e. The summed E-state index contributed by atoms with van der Waals surface area (Å²) in [6, 6.07) is 7.92. The molecule has 0 spiro atoms. The average Bonchev–Trinajstić information content (AvgIpc) is 2.41. The minimum atomic E-state index is 0.359. The molecule has 0 bridgehead atoms. The summed E-state index contributed by atoms with van der Waals surface area (Å²) in [5.74, 6) is 1.22. The van der Waals surface area contributed by atoms with E-state index in [1.165, 1.54) is 11.1 Å². The lowest BCUT2D eigenvalue weighted by atomic mass is 10.0. The van der Waals surface area contributed by atoms with Crippen LogP contribution >= 0.6 is 0 Å². The maximum absolute atomic E-state index is 11.7. The standard InChI is InChI=1S/C17H24O2/c1-14(2)6-4-5-7-16(18)11-8-15-9-12-17(19-3)13-10-15/h9-10,12-13H,1,4-8,11H2,2-3H3. The van der Waals surface area contributed by atoms with Crippen LogP contribution in [0.25, 0.3) is 0 Å². The summed E-state index contributed by atoms with van der Waals surface area (Å²) < 4.78 is 5.11. The number of allylic oxidation sites excluding steroid dienone is 1. The number of methoxy groups -OCH3 is 1. The van der Waals surface area contributed by atoms with Crippen LogP contribution in [0.15, 0.2) is 36.4 Å². The molecule has 0 aromatic heterocycles. The number of carbonyl (C=O) groups excluding carboxylic acids is 1. The van der Waals surface area contributed by atoms with Crippen LogP contribution in [0.4, 0.5) is 0 Å². The summed E-state index contributed by atoms with van der Waals surface area (Å²) in [4.78, 5) is 11.7. The molecule has 0 aliphatic carbocycles. The van der Waals surface area contributed by atoms with Crippen molar-refractivity contribution in [1.29, 1.82) is 0 Å². The maximum atomic E-state index is 11.7. The highest BCUT2D eigenvalue weighted by Gasteiger charge is 2.03. The summed E-state index contributed by atoms with van der Waals surface area (Å²) in [6.07, 6.45) is 5.25. The minimum Gasteiger partial charge on any atom is -0.497 e. The van der Waals surface area contributed by atoms with E-state index >= 15 is 0 Å². The molecule has 1 aromatic rings. The molecule has 1 aromatic carbocycles. The van der Waals surface area contributed by atoms with Crippen molar-refractivity contribution >= 4 is 5.78 Å². The van der Waals surface area contributed by atoms with Crippen molar-refractivity contribution < 1.29 is 9.53 Å².